The van der Waals surface area contributed by atoms with Crippen molar-refractivity contribution in [3.63, 3.8) is 0 Å². The fourth-order valence-corrected chi connectivity index (χ4v) is 2.89. The summed E-state index contributed by atoms with van der Waals surface area (Å²) in [5, 5.41) is 13.1. The molecule has 1 aliphatic heterocycles. The van der Waals surface area contributed by atoms with Crippen molar-refractivity contribution in [2.45, 2.75) is 12.5 Å². The molecule has 0 bridgehead atoms. The third-order valence-corrected chi connectivity index (χ3v) is 4.38. The molecular formula is C19H21ClN2O3. The minimum Gasteiger partial charge on any atom is -0.492 e. The molecule has 1 amide bonds. The first-order valence-electron chi connectivity index (χ1n) is 8.31. The number of nitrogens with one attached hydrogen (secondary N) is 1. The van der Waals surface area contributed by atoms with Gasteiger partial charge in [-0.1, -0.05) is 11.6 Å². The summed E-state index contributed by atoms with van der Waals surface area (Å²) in [4.78, 5) is 14.3. The van der Waals surface area contributed by atoms with Crippen molar-refractivity contribution in [2.24, 2.45) is 0 Å². The van der Waals surface area contributed by atoms with Crippen LogP contribution in [0.3, 0.4) is 0 Å². The molecule has 2 aromatic carbocycles. The van der Waals surface area contributed by atoms with Gasteiger partial charge in [-0.15, -0.1) is 0 Å². The quantitative estimate of drug-likeness (QED) is 0.777. The van der Waals surface area contributed by atoms with E-state index in [1.165, 1.54) is 0 Å². The molecule has 1 atom stereocenters. The molecule has 1 aliphatic rings. The van der Waals surface area contributed by atoms with Crippen LogP contribution in [0.1, 0.15) is 16.8 Å². The Kier molecular flexibility index (Phi) is 5.79. The van der Waals surface area contributed by atoms with Crippen molar-refractivity contribution < 1.29 is 14.6 Å². The van der Waals surface area contributed by atoms with E-state index < -0.39 is 0 Å². The van der Waals surface area contributed by atoms with Gasteiger partial charge < -0.3 is 20.1 Å². The van der Waals surface area contributed by atoms with Crippen molar-refractivity contribution in [1.82, 2.24) is 5.32 Å². The van der Waals surface area contributed by atoms with Crippen molar-refractivity contribution in [3.8, 4) is 5.75 Å². The van der Waals surface area contributed by atoms with E-state index in [0.717, 1.165) is 24.4 Å². The van der Waals surface area contributed by atoms with Gasteiger partial charge in [-0.05, 0) is 55.0 Å². The van der Waals surface area contributed by atoms with E-state index in [2.05, 4.69) is 10.2 Å². The van der Waals surface area contributed by atoms with E-state index in [0.29, 0.717) is 30.3 Å². The molecule has 0 aliphatic carbocycles. The number of anilines is 1. The maximum absolute atomic E-state index is 12.1. The molecule has 132 valence electrons. The number of carbonyl (C=O) groups is 1. The molecule has 6 heteroatoms. The van der Waals surface area contributed by atoms with Gasteiger partial charge in [-0.25, -0.2) is 0 Å². The fraction of sp³-hybridized carbons (Fsp3) is 0.316. The molecule has 0 aromatic heterocycles. The van der Waals surface area contributed by atoms with Gasteiger partial charge in [-0.2, -0.15) is 0 Å². The van der Waals surface area contributed by atoms with Crippen LogP contribution in [0.25, 0.3) is 0 Å². The molecule has 0 saturated carbocycles. The van der Waals surface area contributed by atoms with E-state index in [1.807, 2.05) is 12.1 Å². The second kappa shape index (κ2) is 8.23. The second-order valence-electron chi connectivity index (χ2n) is 5.99. The number of rotatable bonds is 6. The lowest BCUT2D eigenvalue weighted by Crippen LogP contribution is -2.28. The Hall–Kier alpha value is -2.24. The van der Waals surface area contributed by atoms with Gasteiger partial charge in [0.05, 0.1) is 12.6 Å². The Morgan fingerprint density at radius 1 is 1.20 bits per heavy atom. The van der Waals surface area contributed by atoms with Crippen LogP contribution in [0.4, 0.5) is 5.69 Å². The molecule has 0 radical (unpaired) electrons. The highest BCUT2D eigenvalue weighted by Gasteiger charge is 2.20. The SMILES string of the molecule is O=C(NCCOc1ccc(Cl)cc1)c1ccc(N2CCC(O)C2)cc1. The van der Waals surface area contributed by atoms with Crippen LogP contribution < -0.4 is 15.0 Å². The lowest BCUT2D eigenvalue weighted by molar-refractivity contribution is 0.0947. The molecule has 2 N–H and O–H groups in total. The zero-order valence-corrected chi connectivity index (χ0v) is 14.6. The fourth-order valence-electron chi connectivity index (χ4n) is 2.77. The maximum Gasteiger partial charge on any atom is 0.251 e. The van der Waals surface area contributed by atoms with Crippen molar-refractivity contribution in [1.29, 1.82) is 0 Å². The van der Waals surface area contributed by atoms with E-state index in [9.17, 15) is 9.90 Å². The smallest absolute Gasteiger partial charge is 0.251 e. The standard InChI is InChI=1S/C19H21ClN2O3/c20-15-3-7-18(8-4-15)25-12-10-21-19(24)14-1-5-16(6-2-14)22-11-9-17(23)13-22/h1-8,17,23H,9-13H2,(H,21,24). The number of ether oxygens (including phenoxy) is 1. The molecule has 3 rings (SSSR count). The number of halogens is 1. The molecule has 1 unspecified atom stereocenters. The van der Waals surface area contributed by atoms with E-state index in [4.69, 9.17) is 16.3 Å². The Balaban J connectivity index is 1.44. The minimum atomic E-state index is -0.261. The average molecular weight is 361 g/mol. The molecule has 5 nitrogen and oxygen atoms in total. The highest BCUT2D eigenvalue weighted by molar-refractivity contribution is 6.30. The van der Waals surface area contributed by atoms with Gasteiger partial charge in [0.25, 0.3) is 5.91 Å². The minimum absolute atomic E-state index is 0.132. The Morgan fingerprint density at radius 3 is 2.56 bits per heavy atom. The van der Waals surface area contributed by atoms with Crippen molar-refractivity contribution >= 4 is 23.2 Å². The zero-order chi connectivity index (χ0) is 17.6. The summed E-state index contributed by atoms with van der Waals surface area (Å²) >= 11 is 5.81. The number of β-amino-alcohol motifs (C(OH)–C–C–N with tert-alkyl or cyclic N) is 1. The summed E-state index contributed by atoms with van der Waals surface area (Å²) in [6.07, 6.45) is 0.527. The summed E-state index contributed by atoms with van der Waals surface area (Å²) < 4.78 is 5.54. The van der Waals surface area contributed by atoms with E-state index >= 15 is 0 Å². The van der Waals surface area contributed by atoms with Crippen LogP contribution in [0, 0.1) is 0 Å². The number of nitrogens with zero attached hydrogens (tertiary/aromatic N) is 1. The number of aliphatic hydroxyl groups is 1. The molecule has 1 heterocycles. The predicted octanol–water partition coefficient (Wildman–Crippen LogP) is 2.72. The lowest BCUT2D eigenvalue weighted by atomic mass is 10.2. The van der Waals surface area contributed by atoms with Crippen LogP contribution in [0.2, 0.25) is 5.02 Å². The van der Waals surface area contributed by atoms with Gasteiger partial charge in [0.1, 0.15) is 12.4 Å². The first-order chi connectivity index (χ1) is 12.1. The van der Waals surface area contributed by atoms with Crippen molar-refractivity contribution in [2.75, 3.05) is 31.1 Å². The van der Waals surface area contributed by atoms with Crippen molar-refractivity contribution in [3.05, 3.63) is 59.1 Å². The lowest BCUT2D eigenvalue weighted by Gasteiger charge is -2.18. The van der Waals surface area contributed by atoms with E-state index in [-0.39, 0.29) is 12.0 Å². The van der Waals surface area contributed by atoms with Crippen LogP contribution in [0.15, 0.2) is 48.5 Å². The van der Waals surface area contributed by atoms with Crippen LogP contribution in [-0.2, 0) is 0 Å². The van der Waals surface area contributed by atoms with E-state index in [1.54, 1.807) is 36.4 Å². The largest absolute Gasteiger partial charge is 0.492 e. The summed E-state index contributed by atoms with van der Waals surface area (Å²) in [6.45, 7) is 2.29. The molecule has 2 aromatic rings. The highest BCUT2D eigenvalue weighted by atomic mass is 35.5. The van der Waals surface area contributed by atoms with Gasteiger partial charge in [0.15, 0.2) is 0 Å². The summed E-state index contributed by atoms with van der Waals surface area (Å²) in [5.41, 5.74) is 1.63. The monoisotopic (exact) mass is 360 g/mol. The molecule has 1 saturated heterocycles. The average Bonchev–Trinajstić information content (AvgIpc) is 3.06. The number of amides is 1. The molecule has 1 fully saturated rings. The highest BCUT2D eigenvalue weighted by Crippen LogP contribution is 2.20. The topological polar surface area (TPSA) is 61.8 Å². The third kappa shape index (κ3) is 4.87. The predicted molar refractivity (Wildman–Crippen MR) is 98.6 cm³/mol. The molecule has 25 heavy (non-hydrogen) atoms. The molecular weight excluding hydrogens is 340 g/mol. The summed E-state index contributed by atoms with van der Waals surface area (Å²) in [7, 11) is 0. The van der Waals surface area contributed by atoms with Gasteiger partial charge >= 0.3 is 0 Å². The van der Waals surface area contributed by atoms with Gasteiger partial charge in [0.2, 0.25) is 0 Å². The second-order valence-corrected chi connectivity index (χ2v) is 6.43. The molecule has 0 spiro atoms. The van der Waals surface area contributed by atoms with Crippen LogP contribution in [-0.4, -0.2) is 43.4 Å². The number of hydrogen-bond donors (Lipinski definition) is 2. The Bertz CT molecular complexity index is 704. The number of hydrogen-bond acceptors (Lipinski definition) is 4. The Labute approximate surface area is 152 Å². The van der Waals surface area contributed by atoms with Gasteiger partial charge in [-0.3, -0.25) is 4.79 Å². The van der Waals surface area contributed by atoms with Crippen LogP contribution >= 0.6 is 11.6 Å². The zero-order valence-electron chi connectivity index (χ0n) is 13.8. The number of carbonyl (C=O) groups excluding carboxylic acids is 1. The number of aliphatic hydroxyl groups excluding tert-OH is 1. The van der Waals surface area contributed by atoms with Gasteiger partial charge in [0, 0.05) is 29.4 Å². The first kappa shape index (κ1) is 17.6. The maximum atomic E-state index is 12.1. The third-order valence-electron chi connectivity index (χ3n) is 4.13. The first-order valence-corrected chi connectivity index (χ1v) is 8.69. The summed E-state index contributed by atoms with van der Waals surface area (Å²) in [6, 6.07) is 14.5. The summed E-state index contributed by atoms with van der Waals surface area (Å²) in [5.74, 6) is 0.587. The number of benzene rings is 2. The normalized spacial score (nSPS) is 16.7. The Morgan fingerprint density at radius 2 is 1.92 bits per heavy atom. The van der Waals surface area contributed by atoms with Crippen LogP contribution in [0.5, 0.6) is 5.75 Å².